The molecule has 1 aromatic rings. The molecule has 0 heterocycles. The molecule has 0 aliphatic heterocycles. The van der Waals surface area contributed by atoms with Crippen LogP contribution in [0.25, 0.3) is 0 Å². The molecular weight excluding hydrogens is 323 g/mol. The number of hydrogen-bond acceptors (Lipinski definition) is 3. The van der Waals surface area contributed by atoms with Crippen molar-refractivity contribution in [2.24, 2.45) is 0 Å². The molecule has 0 fully saturated rings. The van der Waals surface area contributed by atoms with Crippen LogP contribution in [0.15, 0.2) is 28.6 Å². The molecule has 0 bridgehead atoms. The topological polar surface area (TPSA) is 71.4 Å². The Bertz CT molecular complexity index is 608. The number of hydrogen-bond donors (Lipinski definition) is 1. The average molecular weight is 330 g/mol. The van der Waals surface area contributed by atoms with Gasteiger partial charge in [-0.3, -0.25) is 0 Å². The van der Waals surface area contributed by atoms with Crippen molar-refractivity contribution in [3.63, 3.8) is 0 Å². The third kappa shape index (κ3) is 3.38. The van der Waals surface area contributed by atoms with Gasteiger partial charge in [-0.2, -0.15) is 0 Å². The molecule has 0 aromatic heterocycles. The second-order valence-electron chi connectivity index (χ2n) is 3.21. The number of carboxylic acids is 1. The van der Waals surface area contributed by atoms with Gasteiger partial charge in [0.15, 0.2) is 9.84 Å². The maximum atomic E-state index is 11.9. The number of carboxylic acid groups (broad SMARTS) is 1. The van der Waals surface area contributed by atoms with Crippen LogP contribution in [0, 0.1) is 0 Å². The smallest absolute Gasteiger partial charge is 0.337 e. The summed E-state index contributed by atoms with van der Waals surface area (Å²) in [5.41, 5.74) is 0.730. The molecule has 0 unspecified atom stereocenters. The van der Waals surface area contributed by atoms with Crippen LogP contribution < -0.4 is 0 Å². The van der Waals surface area contributed by atoms with Crippen LogP contribution >= 0.6 is 34.8 Å². The zero-order valence-corrected chi connectivity index (χ0v) is 11.8. The summed E-state index contributed by atoms with van der Waals surface area (Å²) >= 11 is 16.7. The maximum absolute atomic E-state index is 11.9. The second kappa shape index (κ2) is 5.93. The highest BCUT2D eigenvalue weighted by Gasteiger charge is 2.21. The first-order chi connectivity index (χ1) is 8.29. The summed E-state index contributed by atoms with van der Waals surface area (Å²) < 4.78 is 23.7. The first-order valence-electron chi connectivity index (χ1n) is 4.50. The van der Waals surface area contributed by atoms with Gasteiger partial charge in [-0.1, -0.05) is 40.9 Å². The lowest BCUT2D eigenvalue weighted by molar-refractivity contribution is 0.0697. The fourth-order valence-electron chi connectivity index (χ4n) is 1.18. The molecule has 0 saturated heterocycles. The molecule has 0 amide bonds. The molecule has 0 atom stereocenters. The number of aromatic carboxylic acids is 1. The summed E-state index contributed by atoms with van der Waals surface area (Å²) in [6.07, 6.45) is 1.21. The van der Waals surface area contributed by atoms with Gasteiger partial charge in [-0.15, -0.1) is 0 Å². The first kappa shape index (κ1) is 15.3. The highest BCUT2D eigenvalue weighted by molar-refractivity contribution is 7.91. The number of rotatable bonds is 4. The van der Waals surface area contributed by atoms with E-state index in [1.165, 1.54) is 6.08 Å². The lowest BCUT2D eigenvalue weighted by Gasteiger charge is -2.07. The highest BCUT2D eigenvalue weighted by atomic mass is 35.5. The minimum absolute atomic E-state index is 0.126. The van der Waals surface area contributed by atoms with Gasteiger partial charge in [0.1, 0.15) is 0 Å². The Morgan fingerprint density at radius 3 is 2.39 bits per heavy atom. The van der Waals surface area contributed by atoms with Gasteiger partial charge in [-0.05, 0) is 12.1 Å². The Kier molecular flexibility index (Phi) is 5.04. The van der Waals surface area contributed by atoms with Crippen LogP contribution in [0.5, 0.6) is 0 Å². The van der Waals surface area contributed by atoms with Gasteiger partial charge in [-0.25, -0.2) is 13.2 Å². The number of halogens is 3. The van der Waals surface area contributed by atoms with Gasteiger partial charge < -0.3 is 5.11 Å². The van der Waals surface area contributed by atoms with E-state index in [1.807, 2.05) is 0 Å². The van der Waals surface area contributed by atoms with Crippen LogP contribution in [0.4, 0.5) is 0 Å². The van der Waals surface area contributed by atoms with E-state index >= 15 is 0 Å². The van der Waals surface area contributed by atoms with Crippen molar-refractivity contribution in [3.05, 3.63) is 39.4 Å². The third-order valence-electron chi connectivity index (χ3n) is 1.99. The summed E-state index contributed by atoms with van der Waals surface area (Å²) in [6, 6.07) is 2.02. The van der Waals surface area contributed by atoms with Crippen molar-refractivity contribution in [1.29, 1.82) is 0 Å². The molecule has 8 heteroatoms. The standard InChI is InChI=1S/C10H7Cl3O4S/c11-2-1-3-18(16,17)9-4-6(10(14)15)7(12)5-8(9)13/h1-2,4-5H,3H2,(H,14,15)/b2-1+. The SMILES string of the molecule is O=C(O)c1cc(S(=O)(=O)C/C=C/Cl)c(Cl)cc1Cl. The Morgan fingerprint density at radius 1 is 1.28 bits per heavy atom. The molecule has 0 aliphatic rings. The zero-order chi connectivity index (χ0) is 13.9. The van der Waals surface area contributed by atoms with Gasteiger partial charge >= 0.3 is 5.97 Å². The first-order valence-corrected chi connectivity index (χ1v) is 7.34. The highest BCUT2D eigenvalue weighted by Crippen LogP contribution is 2.29. The van der Waals surface area contributed by atoms with Gasteiger partial charge in [0.25, 0.3) is 0 Å². The average Bonchev–Trinajstić information content (AvgIpc) is 2.25. The zero-order valence-electron chi connectivity index (χ0n) is 8.73. The van der Waals surface area contributed by atoms with Crippen molar-refractivity contribution in [2.45, 2.75) is 4.90 Å². The van der Waals surface area contributed by atoms with E-state index in [-0.39, 0.29) is 26.3 Å². The summed E-state index contributed by atoms with van der Waals surface area (Å²) in [5, 5.41) is 8.61. The Balaban J connectivity index is 3.42. The largest absolute Gasteiger partial charge is 0.478 e. The number of carbonyl (C=O) groups is 1. The van der Waals surface area contributed by atoms with Crippen molar-refractivity contribution in [2.75, 3.05) is 5.75 Å². The van der Waals surface area contributed by atoms with E-state index in [1.54, 1.807) is 0 Å². The second-order valence-corrected chi connectivity index (χ2v) is 6.28. The van der Waals surface area contributed by atoms with E-state index in [0.717, 1.165) is 17.7 Å². The normalized spacial score (nSPS) is 11.9. The van der Waals surface area contributed by atoms with E-state index in [2.05, 4.69) is 0 Å². The molecule has 4 nitrogen and oxygen atoms in total. The lowest BCUT2D eigenvalue weighted by Crippen LogP contribution is -2.08. The van der Waals surface area contributed by atoms with Gasteiger partial charge in [0.2, 0.25) is 0 Å². The molecule has 1 N–H and O–H groups in total. The quantitative estimate of drug-likeness (QED) is 0.920. The fourth-order valence-corrected chi connectivity index (χ4v) is 3.38. The molecule has 0 radical (unpaired) electrons. The van der Waals surface area contributed by atoms with Crippen molar-refractivity contribution in [3.8, 4) is 0 Å². The minimum atomic E-state index is -3.75. The van der Waals surface area contributed by atoms with E-state index in [9.17, 15) is 13.2 Å². The fraction of sp³-hybridized carbons (Fsp3) is 0.100. The summed E-state index contributed by atoms with van der Waals surface area (Å²) in [5.74, 6) is -1.71. The van der Waals surface area contributed by atoms with Crippen LogP contribution in [0.3, 0.4) is 0 Å². The summed E-state index contributed by atoms with van der Waals surface area (Å²) in [7, 11) is -3.75. The predicted octanol–water partition coefficient (Wildman–Crippen LogP) is 3.22. The van der Waals surface area contributed by atoms with E-state index < -0.39 is 15.8 Å². The number of sulfone groups is 1. The minimum Gasteiger partial charge on any atom is -0.478 e. The monoisotopic (exact) mass is 328 g/mol. The Hall–Kier alpha value is -0.750. The summed E-state index contributed by atoms with van der Waals surface area (Å²) in [4.78, 5) is 10.6. The molecule has 0 spiro atoms. The van der Waals surface area contributed by atoms with Crippen LogP contribution in [-0.4, -0.2) is 25.2 Å². The third-order valence-corrected chi connectivity index (χ3v) is 4.55. The molecular formula is C10H7Cl3O4S. The van der Waals surface area contributed by atoms with Gasteiger partial charge in [0, 0.05) is 5.54 Å². The summed E-state index contributed by atoms with van der Waals surface area (Å²) in [6.45, 7) is 0. The predicted molar refractivity (Wildman–Crippen MR) is 70.5 cm³/mol. The van der Waals surface area contributed by atoms with Crippen LogP contribution in [0.1, 0.15) is 10.4 Å². The lowest BCUT2D eigenvalue weighted by atomic mass is 10.2. The molecule has 1 rings (SSSR count). The molecule has 18 heavy (non-hydrogen) atoms. The van der Waals surface area contributed by atoms with Gasteiger partial charge in [0.05, 0.1) is 26.3 Å². The molecule has 98 valence electrons. The molecule has 1 aromatic carbocycles. The van der Waals surface area contributed by atoms with Crippen molar-refractivity contribution < 1.29 is 18.3 Å². The van der Waals surface area contributed by atoms with Crippen molar-refractivity contribution in [1.82, 2.24) is 0 Å². The Morgan fingerprint density at radius 2 is 1.89 bits per heavy atom. The van der Waals surface area contributed by atoms with E-state index in [0.29, 0.717) is 0 Å². The molecule has 0 aliphatic carbocycles. The van der Waals surface area contributed by atoms with Crippen LogP contribution in [0.2, 0.25) is 10.0 Å². The van der Waals surface area contributed by atoms with Crippen LogP contribution in [-0.2, 0) is 9.84 Å². The number of benzene rings is 1. The maximum Gasteiger partial charge on any atom is 0.337 e. The molecule has 0 saturated carbocycles. The van der Waals surface area contributed by atoms with Crippen molar-refractivity contribution >= 4 is 50.6 Å². The van der Waals surface area contributed by atoms with E-state index in [4.69, 9.17) is 39.9 Å². The Labute approximate surface area is 119 Å².